The Morgan fingerprint density at radius 1 is 0.839 bits per heavy atom. The first kappa shape index (κ1) is 20.8. The zero-order valence-electron chi connectivity index (χ0n) is 17.4. The number of nitrogens with one attached hydrogen (secondary N) is 1. The molecule has 3 aromatic carbocycles. The van der Waals surface area contributed by atoms with Gasteiger partial charge in [-0.25, -0.2) is 8.42 Å². The maximum absolute atomic E-state index is 12.6. The Morgan fingerprint density at radius 3 is 2.13 bits per heavy atom. The van der Waals surface area contributed by atoms with Crippen molar-refractivity contribution in [2.24, 2.45) is 0 Å². The van der Waals surface area contributed by atoms with E-state index in [1.54, 1.807) is 36.4 Å². The molecule has 0 unspecified atom stereocenters. The molecule has 4 aromatic rings. The first-order valence-corrected chi connectivity index (χ1v) is 11.5. The third kappa shape index (κ3) is 5.00. The molecule has 0 aliphatic heterocycles. The van der Waals surface area contributed by atoms with Gasteiger partial charge in [-0.1, -0.05) is 48.9 Å². The molecule has 7 heteroatoms. The third-order valence-electron chi connectivity index (χ3n) is 4.97. The van der Waals surface area contributed by atoms with Crippen LogP contribution in [0.25, 0.3) is 11.5 Å². The van der Waals surface area contributed by atoms with E-state index >= 15 is 0 Å². The summed E-state index contributed by atoms with van der Waals surface area (Å²) in [5.41, 5.74) is 4.56. The highest BCUT2D eigenvalue weighted by Gasteiger charge is 2.15. The van der Waals surface area contributed by atoms with Crippen LogP contribution >= 0.6 is 0 Å². The summed E-state index contributed by atoms with van der Waals surface area (Å²) in [5, 5.41) is 8.23. The van der Waals surface area contributed by atoms with E-state index in [0.29, 0.717) is 23.9 Å². The largest absolute Gasteiger partial charge is 0.420 e. The van der Waals surface area contributed by atoms with Crippen molar-refractivity contribution in [1.82, 2.24) is 10.2 Å². The maximum Gasteiger partial charge on any atom is 0.261 e. The van der Waals surface area contributed by atoms with Crippen molar-refractivity contribution in [2.75, 3.05) is 4.72 Å². The highest BCUT2D eigenvalue weighted by atomic mass is 32.2. The van der Waals surface area contributed by atoms with Crippen LogP contribution in [0.4, 0.5) is 5.69 Å². The standard InChI is InChI=1S/C24H23N3O3S/c1-3-18-8-14-22(15-9-18)31(28,29)27-21-12-10-20(11-13-21)24-26-25-23(30-24)16-19-6-4-17(2)5-7-19/h4-15,27H,3,16H2,1-2H3. The van der Waals surface area contributed by atoms with Gasteiger partial charge in [0.25, 0.3) is 10.0 Å². The summed E-state index contributed by atoms with van der Waals surface area (Å²) >= 11 is 0. The summed E-state index contributed by atoms with van der Waals surface area (Å²) in [4.78, 5) is 0.228. The summed E-state index contributed by atoms with van der Waals surface area (Å²) in [6.07, 6.45) is 1.42. The second-order valence-corrected chi connectivity index (χ2v) is 9.03. The highest BCUT2D eigenvalue weighted by Crippen LogP contribution is 2.23. The Balaban J connectivity index is 1.45. The van der Waals surface area contributed by atoms with E-state index < -0.39 is 10.0 Å². The number of aromatic nitrogens is 2. The molecule has 31 heavy (non-hydrogen) atoms. The van der Waals surface area contributed by atoms with Gasteiger partial charge in [-0.3, -0.25) is 4.72 Å². The zero-order valence-corrected chi connectivity index (χ0v) is 18.2. The fraction of sp³-hybridized carbons (Fsp3) is 0.167. The van der Waals surface area contributed by atoms with Gasteiger partial charge in [-0.2, -0.15) is 0 Å². The number of hydrogen-bond acceptors (Lipinski definition) is 5. The molecule has 0 saturated carbocycles. The number of nitrogens with zero attached hydrogens (tertiary/aromatic N) is 2. The van der Waals surface area contributed by atoms with Gasteiger partial charge in [0.1, 0.15) is 0 Å². The lowest BCUT2D eigenvalue weighted by Gasteiger charge is -2.09. The quantitative estimate of drug-likeness (QED) is 0.443. The molecule has 0 aliphatic rings. The average Bonchev–Trinajstić information content (AvgIpc) is 3.24. The van der Waals surface area contributed by atoms with E-state index in [-0.39, 0.29) is 4.90 Å². The number of benzene rings is 3. The third-order valence-corrected chi connectivity index (χ3v) is 6.37. The van der Waals surface area contributed by atoms with E-state index in [9.17, 15) is 8.42 Å². The summed E-state index contributed by atoms with van der Waals surface area (Å²) in [5.74, 6) is 0.922. The molecule has 0 aliphatic carbocycles. The van der Waals surface area contributed by atoms with E-state index in [4.69, 9.17) is 4.42 Å². The normalized spacial score (nSPS) is 11.4. The predicted molar refractivity (Wildman–Crippen MR) is 120 cm³/mol. The fourth-order valence-electron chi connectivity index (χ4n) is 3.12. The SMILES string of the molecule is CCc1ccc(S(=O)(=O)Nc2ccc(-c3nnc(Cc4ccc(C)cc4)o3)cc2)cc1. The van der Waals surface area contributed by atoms with Crippen molar-refractivity contribution in [2.45, 2.75) is 31.6 Å². The molecule has 1 heterocycles. The summed E-state index contributed by atoms with van der Waals surface area (Å²) < 4.78 is 33.6. The summed E-state index contributed by atoms with van der Waals surface area (Å²) in [6.45, 7) is 4.07. The fourth-order valence-corrected chi connectivity index (χ4v) is 4.18. The van der Waals surface area contributed by atoms with Crippen molar-refractivity contribution in [3.8, 4) is 11.5 Å². The van der Waals surface area contributed by atoms with Gasteiger partial charge in [-0.15, -0.1) is 10.2 Å². The van der Waals surface area contributed by atoms with E-state index in [0.717, 1.165) is 23.1 Å². The van der Waals surface area contributed by atoms with Crippen molar-refractivity contribution < 1.29 is 12.8 Å². The molecule has 6 nitrogen and oxygen atoms in total. The van der Waals surface area contributed by atoms with Crippen LogP contribution in [0.3, 0.4) is 0 Å². The van der Waals surface area contributed by atoms with Gasteiger partial charge in [-0.05, 0) is 60.9 Å². The molecule has 0 atom stereocenters. The Morgan fingerprint density at radius 2 is 1.48 bits per heavy atom. The lowest BCUT2D eigenvalue weighted by atomic mass is 10.1. The van der Waals surface area contributed by atoms with Crippen molar-refractivity contribution >= 4 is 15.7 Å². The van der Waals surface area contributed by atoms with Gasteiger partial charge < -0.3 is 4.42 Å². The molecule has 4 rings (SSSR count). The molecule has 1 aromatic heterocycles. The molecule has 0 saturated heterocycles. The molecule has 0 amide bonds. The monoisotopic (exact) mass is 433 g/mol. The van der Waals surface area contributed by atoms with Crippen molar-refractivity contribution in [1.29, 1.82) is 0 Å². The molecule has 158 valence electrons. The van der Waals surface area contributed by atoms with Crippen LogP contribution in [-0.2, 0) is 22.9 Å². The van der Waals surface area contributed by atoms with E-state index in [1.807, 2.05) is 50.2 Å². The van der Waals surface area contributed by atoms with Gasteiger partial charge >= 0.3 is 0 Å². The Hall–Kier alpha value is -3.45. The molecule has 0 spiro atoms. The number of anilines is 1. The maximum atomic E-state index is 12.6. The second-order valence-electron chi connectivity index (χ2n) is 7.34. The summed E-state index contributed by atoms with van der Waals surface area (Å²) in [7, 11) is -3.65. The van der Waals surface area contributed by atoms with Crippen molar-refractivity contribution in [3.63, 3.8) is 0 Å². The minimum Gasteiger partial charge on any atom is -0.420 e. The zero-order chi connectivity index (χ0) is 21.8. The molecule has 0 radical (unpaired) electrons. The summed E-state index contributed by atoms with van der Waals surface area (Å²) in [6, 6.07) is 21.9. The Kier molecular flexibility index (Phi) is 5.86. The van der Waals surface area contributed by atoms with Crippen LogP contribution < -0.4 is 4.72 Å². The number of aryl methyl sites for hydroxylation is 2. The second kappa shape index (κ2) is 8.73. The average molecular weight is 434 g/mol. The van der Waals surface area contributed by atoms with Crippen LogP contribution in [0.15, 0.2) is 82.1 Å². The molecule has 0 bridgehead atoms. The van der Waals surface area contributed by atoms with Gasteiger partial charge in [0.2, 0.25) is 11.8 Å². The molecule has 0 fully saturated rings. The topological polar surface area (TPSA) is 85.1 Å². The van der Waals surface area contributed by atoms with E-state index in [1.165, 1.54) is 5.56 Å². The van der Waals surface area contributed by atoms with Crippen LogP contribution in [0.2, 0.25) is 0 Å². The number of sulfonamides is 1. The van der Waals surface area contributed by atoms with E-state index in [2.05, 4.69) is 14.9 Å². The number of hydrogen-bond donors (Lipinski definition) is 1. The molecular weight excluding hydrogens is 410 g/mol. The van der Waals surface area contributed by atoms with Gasteiger partial charge in [0, 0.05) is 11.3 Å². The smallest absolute Gasteiger partial charge is 0.261 e. The minimum atomic E-state index is -3.65. The molecule has 1 N–H and O–H groups in total. The van der Waals surface area contributed by atoms with Crippen LogP contribution in [0, 0.1) is 6.92 Å². The predicted octanol–water partition coefficient (Wildman–Crippen LogP) is 5.00. The van der Waals surface area contributed by atoms with Crippen molar-refractivity contribution in [3.05, 3.63) is 95.4 Å². The van der Waals surface area contributed by atoms with Crippen LogP contribution in [0.5, 0.6) is 0 Å². The van der Waals surface area contributed by atoms with Crippen LogP contribution in [0.1, 0.15) is 29.5 Å². The highest BCUT2D eigenvalue weighted by molar-refractivity contribution is 7.92. The first-order valence-electron chi connectivity index (χ1n) is 10.0. The minimum absolute atomic E-state index is 0.228. The van der Waals surface area contributed by atoms with Gasteiger partial charge in [0.15, 0.2) is 0 Å². The Labute approximate surface area is 182 Å². The number of rotatable bonds is 7. The first-order chi connectivity index (χ1) is 14.9. The van der Waals surface area contributed by atoms with Crippen LogP contribution in [-0.4, -0.2) is 18.6 Å². The molecular formula is C24H23N3O3S. The van der Waals surface area contributed by atoms with Gasteiger partial charge in [0.05, 0.1) is 11.3 Å². The lowest BCUT2D eigenvalue weighted by Crippen LogP contribution is -2.12. The lowest BCUT2D eigenvalue weighted by molar-refractivity contribution is 0.518. The Bertz CT molecular complexity index is 1260.